The molecule has 0 aliphatic carbocycles. The first-order valence-electron chi connectivity index (χ1n) is 9.33. The van der Waals surface area contributed by atoms with Crippen molar-refractivity contribution in [2.75, 3.05) is 6.54 Å². The molecule has 2 aromatic carbocycles. The fraction of sp³-hybridized carbons (Fsp3) is 0.286. The molecule has 2 N–H and O–H groups in total. The van der Waals surface area contributed by atoms with Gasteiger partial charge in [-0.25, -0.2) is 4.99 Å². The summed E-state index contributed by atoms with van der Waals surface area (Å²) < 4.78 is 7.96. The topological polar surface area (TPSA) is 76.4 Å². The van der Waals surface area contributed by atoms with E-state index in [2.05, 4.69) is 39.9 Å². The third kappa shape index (κ3) is 6.74. The predicted molar refractivity (Wildman–Crippen MR) is 126 cm³/mol. The fourth-order valence-corrected chi connectivity index (χ4v) is 2.64. The standard InChI is InChI=1S/C21H26N6O.HI/c1-4-22-21(24-14-20-26-25-15-27(20)3)23-13-17-11-10-16(2)12-19(17)28-18-8-6-5-7-9-18;/h5-12,15H,4,13-14H2,1-3H3,(H2,22,23,24);1H. The van der Waals surface area contributed by atoms with Gasteiger partial charge in [0.2, 0.25) is 0 Å². The van der Waals surface area contributed by atoms with E-state index in [1.54, 1.807) is 6.33 Å². The highest BCUT2D eigenvalue weighted by molar-refractivity contribution is 14.0. The number of nitrogens with zero attached hydrogens (tertiary/aromatic N) is 4. The van der Waals surface area contributed by atoms with Gasteiger partial charge in [0, 0.05) is 19.2 Å². The molecule has 0 bridgehead atoms. The molecule has 0 unspecified atom stereocenters. The van der Waals surface area contributed by atoms with Crippen LogP contribution in [0.15, 0.2) is 59.9 Å². The van der Waals surface area contributed by atoms with Gasteiger partial charge in [0.25, 0.3) is 0 Å². The van der Waals surface area contributed by atoms with Gasteiger partial charge in [-0.1, -0.05) is 30.3 Å². The first kappa shape index (κ1) is 22.7. The molecule has 154 valence electrons. The number of benzene rings is 2. The third-order valence-corrected chi connectivity index (χ3v) is 4.16. The van der Waals surface area contributed by atoms with Crippen LogP contribution in [-0.2, 0) is 20.1 Å². The van der Waals surface area contributed by atoms with E-state index in [9.17, 15) is 0 Å². The average molecular weight is 506 g/mol. The smallest absolute Gasteiger partial charge is 0.191 e. The number of aromatic nitrogens is 3. The summed E-state index contributed by atoms with van der Waals surface area (Å²) in [6.07, 6.45) is 1.68. The van der Waals surface area contributed by atoms with Crippen LogP contribution in [0.1, 0.15) is 23.9 Å². The number of halogens is 1. The minimum absolute atomic E-state index is 0. The second-order valence-electron chi connectivity index (χ2n) is 6.43. The zero-order chi connectivity index (χ0) is 19.8. The van der Waals surface area contributed by atoms with Crippen molar-refractivity contribution in [3.63, 3.8) is 0 Å². The maximum atomic E-state index is 6.09. The van der Waals surface area contributed by atoms with Crippen LogP contribution in [0.5, 0.6) is 11.5 Å². The lowest BCUT2D eigenvalue weighted by molar-refractivity contribution is 0.476. The van der Waals surface area contributed by atoms with Gasteiger partial charge in [-0.2, -0.15) is 0 Å². The van der Waals surface area contributed by atoms with Crippen molar-refractivity contribution in [3.8, 4) is 11.5 Å². The number of ether oxygens (including phenoxy) is 1. The van der Waals surface area contributed by atoms with Gasteiger partial charge in [-0.05, 0) is 37.6 Å². The molecule has 0 radical (unpaired) electrons. The Balaban J connectivity index is 0.00000300. The van der Waals surface area contributed by atoms with Crippen molar-refractivity contribution in [2.45, 2.75) is 26.9 Å². The maximum absolute atomic E-state index is 6.09. The summed E-state index contributed by atoms with van der Waals surface area (Å²) in [5, 5.41) is 14.5. The third-order valence-electron chi connectivity index (χ3n) is 4.16. The molecule has 0 saturated heterocycles. The lowest BCUT2D eigenvalue weighted by atomic mass is 10.1. The van der Waals surface area contributed by atoms with Crippen LogP contribution in [0.25, 0.3) is 0 Å². The van der Waals surface area contributed by atoms with Crippen molar-refractivity contribution in [1.29, 1.82) is 0 Å². The average Bonchev–Trinajstić information content (AvgIpc) is 3.11. The quantitative estimate of drug-likeness (QED) is 0.290. The SMILES string of the molecule is CCNC(=NCc1ccc(C)cc1Oc1ccccc1)NCc1nncn1C.I. The summed E-state index contributed by atoms with van der Waals surface area (Å²) in [5.41, 5.74) is 2.16. The highest BCUT2D eigenvalue weighted by Crippen LogP contribution is 2.27. The van der Waals surface area contributed by atoms with E-state index < -0.39 is 0 Å². The van der Waals surface area contributed by atoms with Crippen molar-refractivity contribution in [3.05, 3.63) is 71.8 Å². The number of rotatable bonds is 7. The Hall–Kier alpha value is -2.62. The Morgan fingerprint density at radius 3 is 2.62 bits per heavy atom. The Morgan fingerprint density at radius 2 is 1.93 bits per heavy atom. The zero-order valence-electron chi connectivity index (χ0n) is 16.9. The molecule has 0 amide bonds. The number of hydrogen-bond donors (Lipinski definition) is 2. The molecule has 0 aliphatic rings. The van der Waals surface area contributed by atoms with Crippen molar-refractivity contribution in [2.24, 2.45) is 12.0 Å². The number of para-hydroxylation sites is 1. The molecule has 0 atom stereocenters. The Labute approximate surface area is 188 Å². The summed E-state index contributed by atoms with van der Waals surface area (Å²) in [6.45, 7) is 5.90. The summed E-state index contributed by atoms with van der Waals surface area (Å²) in [5.74, 6) is 3.19. The molecule has 8 heteroatoms. The monoisotopic (exact) mass is 506 g/mol. The molecule has 0 aliphatic heterocycles. The molecule has 1 aromatic heterocycles. The van der Waals surface area contributed by atoms with E-state index in [1.165, 1.54) is 0 Å². The van der Waals surface area contributed by atoms with Gasteiger partial charge in [-0.3, -0.25) is 0 Å². The molecule has 3 aromatic rings. The first-order chi connectivity index (χ1) is 13.7. The number of hydrogen-bond acceptors (Lipinski definition) is 4. The van der Waals surface area contributed by atoms with Crippen LogP contribution in [-0.4, -0.2) is 27.3 Å². The van der Waals surface area contributed by atoms with E-state index in [1.807, 2.05) is 54.9 Å². The molecule has 0 saturated carbocycles. The number of aryl methyl sites for hydroxylation is 2. The minimum atomic E-state index is 0. The van der Waals surface area contributed by atoms with Gasteiger partial charge < -0.3 is 19.9 Å². The Morgan fingerprint density at radius 1 is 1.14 bits per heavy atom. The molecule has 29 heavy (non-hydrogen) atoms. The number of guanidine groups is 1. The zero-order valence-corrected chi connectivity index (χ0v) is 19.3. The predicted octanol–water partition coefficient (Wildman–Crippen LogP) is 3.79. The lowest BCUT2D eigenvalue weighted by Crippen LogP contribution is -2.37. The van der Waals surface area contributed by atoms with E-state index in [0.717, 1.165) is 41.0 Å². The summed E-state index contributed by atoms with van der Waals surface area (Å²) in [6, 6.07) is 16.0. The summed E-state index contributed by atoms with van der Waals surface area (Å²) in [4.78, 5) is 4.70. The molecule has 0 fully saturated rings. The largest absolute Gasteiger partial charge is 0.457 e. The van der Waals surface area contributed by atoms with Gasteiger partial charge in [0.15, 0.2) is 11.8 Å². The fourth-order valence-electron chi connectivity index (χ4n) is 2.64. The first-order valence-corrected chi connectivity index (χ1v) is 9.33. The van der Waals surface area contributed by atoms with Crippen LogP contribution >= 0.6 is 24.0 Å². The van der Waals surface area contributed by atoms with E-state index in [0.29, 0.717) is 13.1 Å². The Kier molecular flexibility index (Phi) is 8.91. The van der Waals surface area contributed by atoms with Gasteiger partial charge >= 0.3 is 0 Å². The van der Waals surface area contributed by atoms with E-state index in [4.69, 9.17) is 9.73 Å². The normalized spacial score (nSPS) is 10.9. The van der Waals surface area contributed by atoms with Gasteiger partial charge in [0.05, 0.1) is 13.1 Å². The molecule has 1 heterocycles. The van der Waals surface area contributed by atoms with Crippen LogP contribution in [0.3, 0.4) is 0 Å². The lowest BCUT2D eigenvalue weighted by Gasteiger charge is -2.13. The number of aliphatic imine (C=N–C) groups is 1. The van der Waals surface area contributed by atoms with Crippen LogP contribution in [0.4, 0.5) is 0 Å². The molecule has 0 spiro atoms. The molecule has 7 nitrogen and oxygen atoms in total. The van der Waals surface area contributed by atoms with Crippen LogP contribution in [0.2, 0.25) is 0 Å². The van der Waals surface area contributed by atoms with Gasteiger partial charge in [-0.15, -0.1) is 34.2 Å². The van der Waals surface area contributed by atoms with Gasteiger partial charge in [0.1, 0.15) is 17.8 Å². The van der Waals surface area contributed by atoms with Crippen LogP contribution < -0.4 is 15.4 Å². The molecular weight excluding hydrogens is 479 g/mol. The highest BCUT2D eigenvalue weighted by atomic mass is 127. The second-order valence-corrected chi connectivity index (χ2v) is 6.43. The minimum Gasteiger partial charge on any atom is -0.457 e. The molecular formula is C21H27IN6O. The number of nitrogens with one attached hydrogen (secondary N) is 2. The second kappa shape index (κ2) is 11.4. The van der Waals surface area contributed by atoms with Crippen LogP contribution in [0, 0.1) is 6.92 Å². The van der Waals surface area contributed by atoms with E-state index in [-0.39, 0.29) is 24.0 Å². The van der Waals surface area contributed by atoms with Crippen molar-refractivity contribution >= 4 is 29.9 Å². The Bertz CT molecular complexity index is 926. The summed E-state index contributed by atoms with van der Waals surface area (Å²) >= 11 is 0. The maximum Gasteiger partial charge on any atom is 0.191 e. The van der Waals surface area contributed by atoms with Crippen molar-refractivity contribution < 1.29 is 4.74 Å². The highest BCUT2D eigenvalue weighted by Gasteiger charge is 2.07. The molecule has 3 rings (SSSR count). The van der Waals surface area contributed by atoms with E-state index >= 15 is 0 Å². The summed E-state index contributed by atoms with van der Waals surface area (Å²) in [7, 11) is 1.92. The van der Waals surface area contributed by atoms with Crippen molar-refractivity contribution in [1.82, 2.24) is 25.4 Å².